The standard InChI is InChI=1S/C18H33O8P/c1-12(2)22-11-17-14(5-8-20-17)25-27(19)23-10-7-16(26-27)18-15(6-9-21-18)24-13(3)4/h12-18H,5-11H2,1-4H3/t14-,15-,16-,17+,18-,27+/m0/s1/i8T,9T/t8-,9-,14-,15-,16-,17+,18-,27+. The molecule has 0 spiro atoms. The van der Waals surface area contributed by atoms with E-state index in [-0.39, 0.29) is 37.9 Å². The minimum atomic E-state index is -3.88. The monoisotopic (exact) mass is 412 g/mol. The lowest BCUT2D eigenvalue weighted by Gasteiger charge is -2.35. The normalized spacial score (nSPS) is 46.8. The van der Waals surface area contributed by atoms with Crippen LogP contribution in [0.25, 0.3) is 0 Å². The molecule has 0 aliphatic carbocycles. The van der Waals surface area contributed by atoms with E-state index in [1.165, 1.54) is 0 Å². The lowest BCUT2D eigenvalue weighted by atomic mass is 10.1. The van der Waals surface area contributed by atoms with Crippen molar-refractivity contribution in [3.63, 3.8) is 0 Å². The van der Waals surface area contributed by atoms with Gasteiger partial charge < -0.3 is 18.9 Å². The summed E-state index contributed by atoms with van der Waals surface area (Å²) in [5.74, 6) is 0. The summed E-state index contributed by atoms with van der Waals surface area (Å²) < 4.78 is 68.5. The van der Waals surface area contributed by atoms with Crippen molar-refractivity contribution in [2.75, 3.05) is 26.4 Å². The molecule has 0 bridgehead atoms. The Labute approximate surface area is 164 Å². The van der Waals surface area contributed by atoms with Gasteiger partial charge >= 0.3 is 7.82 Å². The first-order chi connectivity index (χ1) is 13.6. The maximum absolute atomic E-state index is 13.2. The number of ether oxygens (including phenoxy) is 4. The van der Waals surface area contributed by atoms with Gasteiger partial charge in [0.2, 0.25) is 0 Å². The van der Waals surface area contributed by atoms with Crippen molar-refractivity contribution < 1.29 is 39.8 Å². The second kappa shape index (κ2) is 9.63. The fraction of sp³-hybridized carbons (Fsp3) is 1.00. The molecule has 158 valence electrons. The smallest absolute Gasteiger partial charge is 0.376 e. The molecular formula is C18H33O8P. The summed E-state index contributed by atoms with van der Waals surface area (Å²) in [6.07, 6.45) is -1.40. The van der Waals surface area contributed by atoms with Gasteiger partial charge in [0.1, 0.15) is 24.4 Å². The van der Waals surface area contributed by atoms with Crippen LogP contribution < -0.4 is 0 Å². The molecule has 0 aromatic carbocycles. The highest BCUT2D eigenvalue weighted by molar-refractivity contribution is 7.48. The quantitative estimate of drug-likeness (QED) is 0.563. The predicted octanol–water partition coefficient (Wildman–Crippen LogP) is 3.08. The van der Waals surface area contributed by atoms with E-state index in [9.17, 15) is 4.57 Å². The number of rotatable bonds is 8. The molecule has 9 heteroatoms. The van der Waals surface area contributed by atoms with Crippen LogP contribution in [0.1, 0.15) is 49.7 Å². The van der Waals surface area contributed by atoms with Gasteiger partial charge in [-0.1, -0.05) is 0 Å². The van der Waals surface area contributed by atoms with Gasteiger partial charge in [-0.2, -0.15) is 0 Å². The Kier molecular flexibility index (Phi) is 6.76. The topological polar surface area (TPSA) is 81.7 Å². The number of hydrogen-bond acceptors (Lipinski definition) is 8. The van der Waals surface area contributed by atoms with Crippen LogP contribution in [0.15, 0.2) is 0 Å². The van der Waals surface area contributed by atoms with E-state index >= 15 is 0 Å². The molecule has 8 nitrogen and oxygen atoms in total. The summed E-state index contributed by atoms with van der Waals surface area (Å²) in [6.45, 7) is 6.58. The largest absolute Gasteiger partial charge is 0.475 e. The fourth-order valence-electron chi connectivity index (χ4n) is 3.33. The number of phosphoric acid groups is 1. The van der Waals surface area contributed by atoms with Crippen LogP contribution in [0, 0.1) is 0 Å². The molecule has 0 saturated carbocycles. The highest BCUT2D eigenvalue weighted by Gasteiger charge is 2.47. The molecule has 3 fully saturated rings. The first-order valence-corrected chi connectivity index (χ1v) is 11.1. The molecule has 0 N–H and O–H groups in total. The van der Waals surface area contributed by atoms with Crippen molar-refractivity contribution in [3.8, 4) is 0 Å². The molecular weight excluding hydrogens is 375 g/mol. The zero-order valence-electron chi connectivity index (χ0n) is 18.4. The van der Waals surface area contributed by atoms with Crippen molar-refractivity contribution in [2.24, 2.45) is 0 Å². The van der Waals surface area contributed by atoms with Crippen molar-refractivity contribution >= 4 is 7.82 Å². The van der Waals surface area contributed by atoms with E-state index < -0.39 is 45.4 Å². The molecule has 0 aromatic heterocycles. The van der Waals surface area contributed by atoms with Crippen molar-refractivity contribution in [1.29, 1.82) is 0 Å². The summed E-state index contributed by atoms with van der Waals surface area (Å²) in [5.41, 5.74) is 0. The zero-order valence-corrected chi connectivity index (χ0v) is 17.3. The minimum Gasteiger partial charge on any atom is -0.376 e. The van der Waals surface area contributed by atoms with Crippen LogP contribution in [0.5, 0.6) is 0 Å². The molecule has 0 radical (unpaired) electrons. The Morgan fingerprint density at radius 1 is 1.07 bits per heavy atom. The Morgan fingerprint density at radius 2 is 1.81 bits per heavy atom. The van der Waals surface area contributed by atoms with E-state index in [4.69, 9.17) is 35.3 Å². The third kappa shape index (κ3) is 5.97. The first-order valence-electron chi connectivity index (χ1n) is 10.8. The minimum absolute atomic E-state index is 0.00169. The average Bonchev–Trinajstić information content (AvgIpc) is 3.14. The Bertz CT molecular complexity index is 580. The maximum atomic E-state index is 13.2. The summed E-state index contributed by atoms with van der Waals surface area (Å²) in [4.78, 5) is 0. The van der Waals surface area contributed by atoms with Gasteiger partial charge in [0.15, 0.2) is 0 Å². The van der Waals surface area contributed by atoms with Crippen molar-refractivity contribution in [3.05, 3.63) is 0 Å². The van der Waals surface area contributed by atoms with E-state index in [0.29, 0.717) is 12.8 Å². The Morgan fingerprint density at radius 3 is 2.56 bits per heavy atom. The van der Waals surface area contributed by atoms with E-state index in [2.05, 4.69) is 0 Å². The van der Waals surface area contributed by atoms with Crippen LogP contribution in [-0.4, -0.2) is 69.1 Å². The molecule has 0 unspecified atom stereocenters. The third-order valence-electron chi connectivity index (χ3n) is 4.55. The van der Waals surface area contributed by atoms with Gasteiger partial charge in [0.25, 0.3) is 0 Å². The van der Waals surface area contributed by atoms with Crippen LogP contribution in [0.3, 0.4) is 0 Å². The molecule has 0 amide bonds. The second-order valence-electron chi connectivity index (χ2n) is 7.54. The highest BCUT2D eigenvalue weighted by Crippen LogP contribution is 2.56. The first kappa shape index (κ1) is 18.9. The maximum Gasteiger partial charge on any atom is 0.475 e. The molecule has 3 rings (SSSR count). The summed E-state index contributed by atoms with van der Waals surface area (Å²) in [6, 6.07) is 0. The van der Waals surface area contributed by atoms with Crippen molar-refractivity contribution in [1.82, 2.24) is 0 Å². The summed E-state index contributed by atoms with van der Waals surface area (Å²) in [5, 5.41) is 0. The molecule has 3 aliphatic rings. The summed E-state index contributed by atoms with van der Waals surface area (Å²) >= 11 is 0. The van der Waals surface area contributed by atoms with Crippen LogP contribution in [0.4, 0.5) is 0 Å². The Balaban J connectivity index is 1.63. The van der Waals surface area contributed by atoms with Crippen LogP contribution >= 0.6 is 7.82 Å². The lowest BCUT2D eigenvalue weighted by molar-refractivity contribution is -0.107. The number of hydrogen-bond donors (Lipinski definition) is 0. The number of phosphoric ester groups is 1. The lowest BCUT2D eigenvalue weighted by Crippen LogP contribution is -2.41. The van der Waals surface area contributed by atoms with Gasteiger partial charge in [0, 0.05) is 26.0 Å². The second-order valence-corrected chi connectivity index (χ2v) is 9.12. The Hall–Kier alpha value is -0.0500. The van der Waals surface area contributed by atoms with E-state index in [1.807, 2.05) is 27.7 Å². The molecule has 3 saturated heterocycles. The van der Waals surface area contributed by atoms with Gasteiger partial charge in [-0.15, -0.1) is 0 Å². The average molecular weight is 412 g/mol. The van der Waals surface area contributed by atoms with Crippen LogP contribution in [-0.2, 0) is 37.1 Å². The highest BCUT2D eigenvalue weighted by atomic mass is 31.2. The zero-order chi connectivity index (χ0) is 21.2. The SMILES string of the molecule is [3H][C@H]1C[C@H](OC(C)C)[C@@H]([C@@H]2CCO[P@](=O)(O[C@H]3C[C@H]([3H])O[C@@H]3COC(C)C)O2)O1. The van der Waals surface area contributed by atoms with Crippen molar-refractivity contribution in [2.45, 2.75) is 89.7 Å². The predicted molar refractivity (Wildman–Crippen MR) is 97.7 cm³/mol. The van der Waals surface area contributed by atoms with Gasteiger partial charge in [-0.25, -0.2) is 4.57 Å². The fourth-order valence-corrected chi connectivity index (χ4v) is 4.94. The molecule has 0 aromatic rings. The van der Waals surface area contributed by atoms with E-state index in [0.717, 1.165) is 0 Å². The van der Waals surface area contributed by atoms with Gasteiger partial charge in [-0.05, 0) is 34.1 Å². The molecule has 8 atom stereocenters. The molecule has 27 heavy (non-hydrogen) atoms. The molecule has 3 aliphatic heterocycles. The van der Waals surface area contributed by atoms with Gasteiger partial charge in [0.05, 0.1) is 34.3 Å². The molecule has 3 heterocycles. The third-order valence-corrected chi connectivity index (χ3v) is 6.11. The van der Waals surface area contributed by atoms with Gasteiger partial charge in [-0.3, -0.25) is 13.6 Å². The summed E-state index contributed by atoms with van der Waals surface area (Å²) in [7, 11) is -3.88. The van der Waals surface area contributed by atoms with Crippen LogP contribution in [0.2, 0.25) is 0 Å². The van der Waals surface area contributed by atoms with E-state index in [1.54, 1.807) is 0 Å².